The van der Waals surface area contributed by atoms with Gasteiger partial charge in [0.25, 0.3) is 0 Å². The summed E-state index contributed by atoms with van der Waals surface area (Å²) in [5.74, 6) is 0.0978. The average Bonchev–Trinajstić information content (AvgIpc) is 2.80. The number of hydrogen-bond acceptors (Lipinski definition) is 3. The summed E-state index contributed by atoms with van der Waals surface area (Å²) in [5.41, 5.74) is 1.07. The van der Waals surface area contributed by atoms with Crippen LogP contribution in [0.2, 0.25) is 5.02 Å². The first kappa shape index (κ1) is 13.0. The summed E-state index contributed by atoms with van der Waals surface area (Å²) in [6.07, 6.45) is 1.59. The molecule has 0 saturated carbocycles. The molecule has 0 aliphatic rings. The van der Waals surface area contributed by atoms with Gasteiger partial charge in [-0.05, 0) is 12.1 Å². The SMILES string of the molecule is FC(F)Oc1cc(-n2cc(CCl)nn2)ccc1Cl. The van der Waals surface area contributed by atoms with E-state index in [1.807, 2.05) is 0 Å². The van der Waals surface area contributed by atoms with Crippen LogP contribution in [0.5, 0.6) is 5.75 Å². The lowest BCUT2D eigenvalue weighted by molar-refractivity contribution is -0.0497. The molecule has 0 unspecified atom stereocenters. The maximum atomic E-state index is 12.2. The molecule has 4 nitrogen and oxygen atoms in total. The van der Waals surface area contributed by atoms with E-state index in [-0.39, 0.29) is 16.7 Å². The molecule has 1 heterocycles. The molecule has 1 aromatic heterocycles. The van der Waals surface area contributed by atoms with Crippen LogP contribution in [0.3, 0.4) is 0 Å². The van der Waals surface area contributed by atoms with Gasteiger partial charge in [0.05, 0.1) is 28.5 Å². The first-order valence-electron chi connectivity index (χ1n) is 4.82. The molecular formula is C10H7Cl2F2N3O. The van der Waals surface area contributed by atoms with Crippen LogP contribution in [0.15, 0.2) is 24.4 Å². The topological polar surface area (TPSA) is 39.9 Å². The molecule has 2 aromatic rings. The molecular weight excluding hydrogens is 287 g/mol. The molecule has 0 aliphatic carbocycles. The summed E-state index contributed by atoms with van der Waals surface area (Å²) in [4.78, 5) is 0. The predicted octanol–water partition coefficient (Wildman–Crippen LogP) is 3.26. The molecule has 8 heteroatoms. The molecule has 0 radical (unpaired) electrons. The van der Waals surface area contributed by atoms with Crippen molar-refractivity contribution in [3.8, 4) is 11.4 Å². The molecule has 0 aliphatic heterocycles. The minimum Gasteiger partial charge on any atom is -0.433 e. The number of rotatable bonds is 4. The van der Waals surface area contributed by atoms with E-state index in [0.717, 1.165) is 0 Å². The van der Waals surface area contributed by atoms with Crippen molar-refractivity contribution in [3.05, 3.63) is 35.1 Å². The van der Waals surface area contributed by atoms with Crippen LogP contribution in [-0.2, 0) is 5.88 Å². The van der Waals surface area contributed by atoms with E-state index in [0.29, 0.717) is 11.4 Å². The molecule has 0 atom stereocenters. The maximum Gasteiger partial charge on any atom is 0.387 e. The van der Waals surface area contributed by atoms with Gasteiger partial charge in [-0.2, -0.15) is 8.78 Å². The van der Waals surface area contributed by atoms with E-state index in [9.17, 15) is 8.78 Å². The second-order valence-corrected chi connectivity index (χ2v) is 3.96. The monoisotopic (exact) mass is 293 g/mol. The normalized spacial score (nSPS) is 10.9. The van der Waals surface area contributed by atoms with Crippen LogP contribution in [-0.4, -0.2) is 21.6 Å². The summed E-state index contributed by atoms with van der Waals surface area (Å²) in [6, 6.07) is 4.39. The van der Waals surface area contributed by atoms with Crippen LogP contribution < -0.4 is 4.74 Å². The Morgan fingerprint density at radius 1 is 1.39 bits per heavy atom. The Balaban J connectivity index is 2.33. The summed E-state index contributed by atoms with van der Waals surface area (Å²) < 4.78 is 30.0. The van der Waals surface area contributed by atoms with Crippen LogP contribution in [0.4, 0.5) is 8.78 Å². The second kappa shape index (κ2) is 5.49. The molecule has 1 aromatic carbocycles. The highest BCUT2D eigenvalue weighted by Crippen LogP contribution is 2.28. The fraction of sp³-hybridized carbons (Fsp3) is 0.200. The quantitative estimate of drug-likeness (QED) is 0.813. The maximum absolute atomic E-state index is 12.2. The lowest BCUT2D eigenvalue weighted by Gasteiger charge is -2.08. The van der Waals surface area contributed by atoms with Gasteiger partial charge >= 0.3 is 6.61 Å². The molecule has 0 N–H and O–H groups in total. The van der Waals surface area contributed by atoms with Crippen LogP contribution in [0.25, 0.3) is 5.69 Å². The Labute approximate surface area is 111 Å². The third-order valence-electron chi connectivity index (χ3n) is 2.07. The first-order valence-corrected chi connectivity index (χ1v) is 5.73. The van der Waals surface area contributed by atoms with Crippen molar-refractivity contribution >= 4 is 23.2 Å². The van der Waals surface area contributed by atoms with Gasteiger partial charge < -0.3 is 4.74 Å². The van der Waals surface area contributed by atoms with Crippen molar-refractivity contribution in [2.24, 2.45) is 0 Å². The van der Waals surface area contributed by atoms with E-state index < -0.39 is 6.61 Å². The molecule has 18 heavy (non-hydrogen) atoms. The fourth-order valence-electron chi connectivity index (χ4n) is 1.31. The predicted molar refractivity (Wildman–Crippen MR) is 62.6 cm³/mol. The number of hydrogen-bond donors (Lipinski definition) is 0. The molecule has 0 bridgehead atoms. The zero-order chi connectivity index (χ0) is 13.1. The lowest BCUT2D eigenvalue weighted by Crippen LogP contribution is -2.03. The van der Waals surface area contributed by atoms with Gasteiger partial charge in [-0.1, -0.05) is 16.8 Å². The zero-order valence-corrected chi connectivity index (χ0v) is 10.4. The Morgan fingerprint density at radius 2 is 2.17 bits per heavy atom. The molecule has 0 fully saturated rings. The lowest BCUT2D eigenvalue weighted by atomic mass is 10.3. The first-order chi connectivity index (χ1) is 8.60. The number of ether oxygens (including phenoxy) is 1. The van der Waals surface area contributed by atoms with Crippen molar-refractivity contribution in [1.82, 2.24) is 15.0 Å². The van der Waals surface area contributed by atoms with E-state index in [2.05, 4.69) is 15.0 Å². The van der Waals surface area contributed by atoms with Gasteiger partial charge in [0.15, 0.2) is 0 Å². The largest absolute Gasteiger partial charge is 0.433 e. The van der Waals surface area contributed by atoms with Gasteiger partial charge in [-0.25, -0.2) is 4.68 Å². The Morgan fingerprint density at radius 3 is 2.78 bits per heavy atom. The minimum atomic E-state index is -2.94. The molecule has 2 rings (SSSR count). The average molecular weight is 294 g/mol. The summed E-state index contributed by atoms with van der Waals surface area (Å²) in [6.45, 7) is -2.94. The highest BCUT2D eigenvalue weighted by Gasteiger charge is 2.11. The number of aromatic nitrogens is 3. The van der Waals surface area contributed by atoms with E-state index >= 15 is 0 Å². The van der Waals surface area contributed by atoms with Crippen molar-refractivity contribution in [2.45, 2.75) is 12.5 Å². The summed E-state index contributed by atoms with van der Waals surface area (Å²) in [7, 11) is 0. The Kier molecular flexibility index (Phi) is 3.98. The van der Waals surface area contributed by atoms with Crippen LogP contribution in [0, 0.1) is 0 Å². The number of alkyl halides is 3. The van der Waals surface area contributed by atoms with E-state index in [1.54, 1.807) is 12.3 Å². The highest BCUT2D eigenvalue weighted by atomic mass is 35.5. The number of nitrogens with zero attached hydrogens (tertiary/aromatic N) is 3. The van der Waals surface area contributed by atoms with Crippen molar-refractivity contribution in [3.63, 3.8) is 0 Å². The van der Waals surface area contributed by atoms with Gasteiger partial charge in [-0.3, -0.25) is 0 Å². The standard InChI is InChI=1S/C10H7Cl2F2N3O/c11-4-6-5-17(16-15-6)7-1-2-8(12)9(3-7)18-10(13)14/h1-3,5,10H,4H2. The van der Waals surface area contributed by atoms with Crippen LogP contribution in [0.1, 0.15) is 5.69 Å². The van der Waals surface area contributed by atoms with Crippen molar-refractivity contribution < 1.29 is 13.5 Å². The van der Waals surface area contributed by atoms with E-state index in [1.165, 1.54) is 16.8 Å². The van der Waals surface area contributed by atoms with Crippen molar-refractivity contribution in [2.75, 3.05) is 0 Å². The summed E-state index contributed by atoms with van der Waals surface area (Å²) >= 11 is 11.3. The molecule has 0 spiro atoms. The van der Waals surface area contributed by atoms with Crippen molar-refractivity contribution in [1.29, 1.82) is 0 Å². The van der Waals surface area contributed by atoms with Gasteiger partial charge in [0, 0.05) is 6.07 Å². The minimum absolute atomic E-state index is 0.0942. The van der Waals surface area contributed by atoms with Crippen LogP contribution >= 0.6 is 23.2 Å². The number of halogens is 4. The zero-order valence-electron chi connectivity index (χ0n) is 8.86. The Hall–Kier alpha value is -1.40. The molecule has 96 valence electrons. The Bertz CT molecular complexity index is 548. The van der Waals surface area contributed by atoms with Gasteiger partial charge in [-0.15, -0.1) is 16.7 Å². The van der Waals surface area contributed by atoms with Gasteiger partial charge in [0.2, 0.25) is 0 Å². The number of benzene rings is 1. The van der Waals surface area contributed by atoms with E-state index in [4.69, 9.17) is 23.2 Å². The molecule has 0 amide bonds. The fourth-order valence-corrected chi connectivity index (χ4v) is 1.59. The molecule has 0 saturated heterocycles. The third-order valence-corrected chi connectivity index (χ3v) is 2.66. The summed E-state index contributed by atoms with van der Waals surface area (Å²) in [5, 5.41) is 7.68. The smallest absolute Gasteiger partial charge is 0.387 e. The second-order valence-electron chi connectivity index (χ2n) is 3.28. The highest BCUT2D eigenvalue weighted by molar-refractivity contribution is 6.32. The third kappa shape index (κ3) is 2.88. The van der Waals surface area contributed by atoms with Gasteiger partial charge in [0.1, 0.15) is 5.75 Å².